The number of hydrogen-bond acceptors (Lipinski definition) is 6. The van der Waals surface area contributed by atoms with Crippen molar-refractivity contribution in [2.45, 2.75) is 6.42 Å². The van der Waals surface area contributed by atoms with Gasteiger partial charge in [0.15, 0.2) is 5.82 Å². The summed E-state index contributed by atoms with van der Waals surface area (Å²) in [6, 6.07) is 7.61. The Morgan fingerprint density at radius 3 is 2.57 bits per heavy atom. The van der Waals surface area contributed by atoms with Gasteiger partial charge in [0.1, 0.15) is 5.69 Å². The van der Waals surface area contributed by atoms with E-state index in [0.29, 0.717) is 17.5 Å². The molecule has 1 N–H and O–H groups in total. The summed E-state index contributed by atoms with van der Waals surface area (Å²) in [6.07, 6.45) is 11.3. The van der Waals surface area contributed by atoms with E-state index in [1.807, 2.05) is 48.3 Å². The van der Waals surface area contributed by atoms with Gasteiger partial charge in [-0.25, -0.2) is 15.0 Å². The topological polar surface area (TPSA) is 81.4 Å². The maximum Gasteiger partial charge on any atom is 0.223 e. The smallest absolute Gasteiger partial charge is 0.223 e. The van der Waals surface area contributed by atoms with Crippen molar-refractivity contribution in [3.05, 3.63) is 72.2 Å². The van der Waals surface area contributed by atoms with Crippen LogP contribution in [0.2, 0.25) is 5.02 Å². The number of anilines is 1. The quantitative estimate of drug-likeness (QED) is 0.540. The van der Waals surface area contributed by atoms with Gasteiger partial charge in [-0.1, -0.05) is 23.7 Å². The van der Waals surface area contributed by atoms with E-state index in [1.54, 1.807) is 24.8 Å². The molecule has 0 saturated heterocycles. The van der Waals surface area contributed by atoms with Crippen LogP contribution in [-0.2, 0) is 13.5 Å². The normalized spacial score (nSPS) is 10.8. The molecule has 0 bridgehead atoms. The third-order valence-electron chi connectivity index (χ3n) is 4.26. The van der Waals surface area contributed by atoms with Gasteiger partial charge >= 0.3 is 0 Å². The molecule has 4 rings (SSSR count). The summed E-state index contributed by atoms with van der Waals surface area (Å²) in [5.41, 5.74) is 3.54. The zero-order chi connectivity index (χ0) is 19.3. The van der Waals surface area contributed by atoms with E-state index in [2.05, 4.69) is 25.3 Å². The highest BCUT2D eigenvalue weighted by Gasteiger charge is 2.15. The molecule has 0 atom stereocenters. The molecule has 0 radical (unpaired) electrons. The van der Waals surface area contributed by atoms with Crippen molar-refractivity contribution < 1.29 is 0 Å². The Bertz CT molecular complexity index is 1060. The molecule has 0 spiro atoms. The predicted octanol–water partition coefficient (Wildman–Crippen LogP) is 3.64. The molecular formula is C20H18ClN7. The van der Waals surface area contributed by atoms with E-state index < -0.39 is 0 Å². The summed E-state index contributed by atoms with van der Waals surface area (Å²) in [6.45, 7) is 0.652. The standard InChI is InChI=1S/C20H18ClN7/c1-28-11-10-24-19(28)18-17(14-2-4-15(21)5-3-14)13-26-20(27-18)25-7-6-16-12-22-8-9-23-16/h2-5,8-13H,6-7H2,1H3,(H,25,26,27). The van der Waals surface area contributed by atoms with E-state index in [-0.39, 0.29) is 0 Å². The minimum absolute atomic E-state index is 0.541. The number of hydrogen-bond donors (Lipinski definition) is 1. The van der Waals surface area contributed by atoms with Crippen LogP contribution in [0.15, 0.2) is 61.4 Å². The number of nitrogens with zero attached hydrogens (tertiary/aromatic N) is 6. The van der Waals surface area contributed by atoms with E-state index in [4.69, 9.17) is 16.6 Å². The van der Waals surface area contributed by atoms with Gasteiger partial charge in [0.2, 0.25) is 5.95 Å². The Labute approximate surface area is 167 Å². The second-order valence-electron chi connectivity index (χ2n) is 6.20. The fraction of sp³-hybridized carbons (Fsp3) is 0.150. The van der Waals surface area contributed by atoms with Gasteiger partial charge in [-0.05, 0) is 17.7 Å². The van der Waals surface area contributed by atoms with E-state index in [9.17, 15) is 0 Å². The van der Waals surface area contributed by atoms with Crippen molar-refractivity contribution in [2.24, 2.45) is 7.05 Å². The minimum Gasteiger partial charge on any atom is -0.354 e. The molecule has 0 fully saturated rings. The first-order chi connectivity index (χ1) is 13.7. The van der Waals surface area contributed by atoms with Gasteiger partial charge in [-0.3, -0.25) is 9.97 Å². The van der Waals surface area contributed by atoms with Gasteiger partial charge in [0.25, 0.3) is 0 Å². The Balaban J connectivity index is 1.63. The Morgan fingerprint density at radius 2 is 1.86 bits per heavy atom. The lowest BCUT2D eigenvalue weighted by atomic mass is 10.1. The lowest BCUT2D eigenvalue weighted by Crippen LogP contribution is -2.10. The highest BCUT2D eigenvalue weighted by atomic mass is 35.5. The summed E-state index contributed by atoms with van der Waals surface area (Å²) >= 11 is 6.03. The first-order valence-corrected chi connectivity index (χ1v) is 9.18. The number of imidazole rings is 1. The summed E-state index contributed by atoms with van der Waals surface area (Å²) in [4.78, 5) is 22.0. The Morgan fingerprint density at radius 1 is 1.00 bits per heavy atom. The molecule has 0 aliphatic rings. The molecule has 0 aliphatic heterocycles. The fourth-order valence-electron chi connectivity index (χ4n) is 2.83. The van der Waals surface area contributed by atoms with Gasteiger partial charge in [-0.2, -0.15) is 0 Å². The third-order valence-corrected chi connectivity index (χ3v) is 4.51. The van der Waals surface area contributed by atoms with Crippen molar-refractivity contribution in [1.29, 1.82) is 0 Å². The molecule has 4 aromatic rings. The maximum absolute atomic E-state index is 6.03. The van der Waals surface area contributed by atoms with Crippen LogP contribution in [0.4, 0.5) is 5.95 Å². The van der Waals surface area contributed by atoms with Crippen LogP contribution in [0.3, 0.4) is 0 Å². The van der Waals surface area contributed by atoms with Crippen molar-refractivity contribution in [3.8, 4) is 22.6 Å². The molecule has 0 unspecified atom stereocenters. The Hall–Kier alpha value is -3.32. The van der Waals surface area contributed by atoms with E-state index >= 15 is 0 Å². The van der Waals surface area contributed by atoms with Gasteiger partial charge in [0, 0.05) is 67.8 Å². The summed E-state index contributed by atoms with van der Waals surface area (Å²) in [5, 5.41) is 3.94. The van der Waals surface area contributed by atoms with Crippen LogP contribution < -0.4 is 5.32 Å². The minimum atomic E-state index is 0.541. The average Bonchev–Trinajstić information content (AvgIpc) is 3.15. The lowest BCUT2D eigenvalue weighted by Gasteiger charge is -2.11. The van der Waals surface area contributed by atoms with Crippen LogP contribution >= 0.6 is 11.6 Å². The Kier molecular flexibility index (Phi) is 5.25. The zero-order valence-electron chi connectivity index (χ0n) is 15.2. The number of nitrogens with one attached hydrogen (secondary N) is 1. The van der Waals surface area contributed by atoms with Crippen molar-refractivity contribution in [2.75, 3.05) is 11.9 Å². The molecule has 0 aliphatic carbocycles. The molecule has 0 saturated carbocycles. The molecule has 0 amide bonds. The second kappa shape index (κ2) is 8.14. The molecule has 8 heteroatoms. The molecule has 7 nitrogen and oxygen atoms in total. The summed E-state index contributed by atoms with van der Waals surface area (Å²) in [5.74, 6) is 1.31. The van der Waals surface area contributed by atoms with Gasteiger partial charge in [-0.15, -0.1) is 0 Å². The average molecular weight is 392 g/mol. The number of aromatic nitrogens is 6. The predicted molar refractivity (Wildman–Crippen MR) is 109 cm³/mol. The highest BCUT2D eigenvalue weighted by Crippen LogP contribution is 2.30. The first kappa shape index (κ1) is 18.1. The van der Waals surface area contributed by atoms with Gasteiger partial charge < -0.3 is 9.88 Å². The number of rotatable bonds is 6. The van der Waals surface area contributed by atoms with Crippen LogP contribution in [0.1, 0.15) is 5.69 Å². The number of aryl methyl sites for hydroxylation is 1. The molecule has 1 aromatic carbocycles. The number of benzene rings is 1. The van der Waals surface area contributed by atoms with Crippen LogP contribution in [0.25, 0.3) is 22.6 Å². The monoisotopic (exact) mass is 391 g/mol. The maximum atomic E-state index is 6.03. The zero-order valence-corrected chi connectivity index (χ0v) is 16.0. The third kappa shape index (κ3) is 3.99. The van der Waals surface area contributed by atoms with Crippen molar-refractivity contribution in [3.63, 3.8) is 0 Å². The van der Waals surface area contributed by atoms with E-state index in [0.717, 1.165) is 34.8 Å². The van der Waals surface area contributed by atoms with Crippen LogP contribution in [0, 0.1) is 0 Å². The summed E-state index contributed by atoms with van der Waals surface area (Å²) < 4.78 is 1.94. The molecule has 140 valence electrons. The molecular weight excluding hydrogens is 374 g/mol. The molecule has 28 heavy (non-hydrogen) atoms. The van der Waals surface area contributed by atoms with Gasteiger partial charge in [0.05, 0.1) is 5.69 Å². The number of halogens is 1. The molecule has 3 aromatic heterocycles. The van der Waals surface area contributed by atoms with Crippen LogP contribution in [-0.4, -0.2) is 36.0 Å². The largest absolute Gasteiger partial charge is 0.354 e. The second-order valence-corrected chi connectivity index (χ2v) is 6.63. The SMILES string of the molecule is Cn1ccnc1-c1nc(NCCc2cnccn2)ncc1-c1ccc(Cl)cc1. The summed E-state index contributed by atoms with van der Waals surface area (Å²) in [7, 11) is 1.94. The molecule has 3 heterocycles. The first-order valence-electron chi connectivity index (χ1n) is 8.80. The van der Waals surface area contributed by atoms with Crippen molar-refractivity contribution in [1.82, 2.24) is 29.5 Å². The van der Waals surface area contributed by atoms with Crippen molar-refractivity contribution >= 4 is 17.5 Å². The van der Waals surface area contributed by atoms with Crippen LogP contribution in [0.5, 0.6) is 0 Å². The lowest BCUT2D eigenvalue weighted by molar-refractivity contribution is 0.907. The fourth-order valence-corrected chi connectivity index (χ4v) is 2.96. The van der Waals surface area contributed by atoms with E-state index in [1.165, 1.54) is 0 Å². The highest BCUT2D eigenvalue weighted by molar-refractivity contribution is 6.30.